The largest absolute Gasteiger partial charge is 0.494 e. The van der Waals surface area contributed by atoms with Gasteiger partial charge < -0.3 is 19.6 Å². The summed E-state index contributed by atoms with van der Waals surface area (Å²) in [6, 6.07) is 4.32. The first-order chi connectivity index (χ1) is 9.08. The van der Waals surface area contributed by atoms with Crippen LogP contribution in [0.25, 0.3) is 0 Å². The van der Waals surface area contributed by atoms with Crippen LogP contribution in [-0.4, -0.2) is 54.8 Å². The fourth-order valence-corrected chi connectivity index (χ4v) is 2.29. The van der Waals surface area contributed by atoms with Crippen molar-refractivity contribution in [2.75, 3.05) is 33.9 Å². The number of nitrogens with zero attached hydrogens (tertiary/aromatic N) is 2. The van der Waals surface area contributed by atoms with E-state index in [0.29, 0.717) is 6.54 Å². The summed E-state index contributed by atoms with van der Waals surface area (Å²) in [6.07, 6.45) is 0. The number of halogens is 1. The summed E-state index contributed by atoms with van der Waals surface area (Å²) in [4.78, 5) is 15.0. The minimum Gasteiger partial charge on any atom is -0.494 e. The van der Waals surface area contributed by atoms with Gasteiger partial charge in [-0.2, -0.15) is 0 Å². The lowest BCUT2D eigenvalue weighted by molar-refractivity contribution is 0.182. The number of rotatable bonds is 4. The third-order valence-corrected chi connectivity index (χ3v) is 3.36. The standard InChI is InChI=1S/C13H17FN2O3/c1-15-11(8-16(5-6-17)13(15)18)9-3-4-12(19-2)10(14)7-9/h3-4,7,11,17H,5-6,8H2,1-2H3. The Kier molecular flexibility index (Phi) is 3.90. The lowest BCUT2D eigenvalue weighted by atomic mass is 10.1. The zero-order valence-corrected chi connectivity index (χ0v) is 11.0. The zero-order valence-electron chi connectivity index (χ0n) is 11.0. The Hall–Kier alpha value is -1.82. The summed E-state index contributed by atoms with van der Waals surface area (Å²) in [5, 5.41) is 8.91. The van der Waals surface area contributed by atoms with Crippen LogP contribution in [0.5, 0.6) is 5.75 Å². The first kappa shape index (κ1) is 13.6. The van der Waals surface area contributed by atoms with Crippen molar-refractivity contribution in [1.29, 1.82) is 0 Å². The molecule has 2 amide bonds. The predicted molar refractivity (Wildman–Crippen MR) is 67.5 cm³/mol. The smallest absolute Gasteiger partial charge is 0.320 e. The van der Waals surface area contributed by atoms with Gasteiger partial charge in [-0.3, -0.25) is 0 Å². The Labute approximate surface area is 111 Å². The molecule has 0 aromatic heterocycles. The van der Waals surface area contributed by atoms with Crippen LogP contribution in [0.4, 0.5) is 9.18 Å². The molecule has 1 fully saturated rings. The van der Waals surface area contributed by atoms with Crippen LogP contribution in [0.2, 0.25) is 0 Å². The van der Waals surface area contributed by atoms with Crippen LogP contribution >= 0.6 is 0 Å². The van der Waals surface area contributed by atoms with Crippen LogP contribution in [0.3, 0.4) is 0 Å². The maximum Gasteiger partial charge on any atom is 0.320 e. The molecular formula is C13H17FN2O3. The van der Waals surface area contributed by atoms with E-state index in [4.69, 9.17) is 9.84 Å². The predicted octanol–water partition coefficient (Wildman–Crippen LogP) is 1.24. The van der Waals surface area contributed by atoms with E-state index in [0.717, 1.165) is 5.56 Å². The van der Waals surface area contributed by atoms with Crippen LogP contribution in [0.15, 0.2) is 18.2 Å². The van der Waals surface area contributed by atoms with Gasteiger partial charge in [0, 0.05) is 20.1 Å². The molecule has 0 bridgehead atoms. The Bertz CT molecular complexity index is 481. The van der Waals surface area contributed by atoms with Crippen molar-refractivity contribution in [2.24, 2.45) is 0 Å². The first-order valence-electron chi connectivity index (χ1n) is 6.04. The van der Waals surface area contributed by atoms with E-state index in [1.54, 1.807) is 29.0 Å². The van der Waals surface area contributed by atoms with Gasteiger partial charge in [0.2, 0.25) is 0 Å². The lowest BCUT2D eigenvalue weighted by Crippen LogP contribution is -2.31. The van der Waals surface area contributed by atoms with Crippen molar-refractivity contribution >= 4 is 6.03 Å². The maximum absolute atomic E-state index is 13.7. The van der Waals surface area contributed by atoms with Crippen molar-refractivity contribution in [3.63, 3.8) is 0 Å². The highest BCUT2D eigenvalue weighted by atomic mass is 19.1. The number of amides is 2. The minimum atomic E-state index is -0.443. The molecule has 1 aromatic carbocycles. The third-order valence-electron chi connectivity index (χ3n) is 3.36. The van der Waals surface area contributed by atoms with Crippen LogP contribution < -0.4 is 4.74 Å². The van der Waals surface area contributed by atoms with Crippen LogP contribution in [0.1, 0.15) is 11.6 Å². The molecule has 1 aliphatic heterocycles. The second kappa shape index (κ2) is 5.44. The second-order valence-corrected chi connectivity index (χ2v) is 4.47. The number of aliphatic hydroxyl groups excluding tert-OH is 1. The lowest BCUT2D eigenvalue weighted by Gasteiger charge is -2.18. The molecule has 1 saturated heterocycles. The summed E-state index contributed by atoms with van der Waals surface area (Å²) in [5.41, 5.74) is 0.717. The summed E-state index contributed by atoms with van der Waals surface area (Å²) in [5.74, 6) is -0.260. The van der Waals surface area contributed by atoms with Crippen LogP contribution in [-0.2, 0) is 0 Å². The van der Waals surface area contributed by atoms with Gasteiger partial charge in [-0.25, -0.2) is 9.18 Å². The number of hydrogen-bond donors (Lipinski definition) is 1. The normalized spacial score (nSPS) is 19.2. The SMILES string of the molecule is COc1ccc(C2CN(CCO)C(=O)N2C)cc1F. The molecule has 1 heterocycles. The zero-order chi connectivity index (χ0) is 14.0. The molecule has 1 N–H and O–H groups in total. The summed E-state index contributed by atoms with van der Waals surface area (Å²) < 4.78 is 18.6. The van der Waals surface area contributed by atoms with E-state index in [9.17, 15) is 9.18 Å². The fourth-order valence-electron chi connectivity index (χ4n) is 2.29. The average molecular weight is 268 g/mol. The van der Waals surface area contributed by atoms with Gasteiger partial charge in [-0.1, -0.05) is 6.07 Å². The first-order valence-corrected chi connectivity index (χ1v) is 6.04. The van der Waals surface area contributed by atoms with Gasteiger partial charge in [0.05, 0.1) is 19.8 Å². The Balaban J connectivity index is 2.22. The van der Waals surface area contributed by atoms with Crippen LogP contribution in [0, 0.1) is 5.82 Å². The van der Waals surface area contributed by atoms with E-state index < -0.39 is 5.82 Å². The Morgan fingerprint density at radius 3 is 2.84 bits per heavy atom. The fraction of sp³-hybridized carbons (Fsp3) is 0.462. The average Bonchev–Trinajstić information content (AvgIpc) is 2.67. The minimum absolute atomic E-state index is 0.0801. The summed E-state index contributed by atoms with van der Waals surface area (Å²) >= 11 is 0. The van der Waals surface area contributed by atoms with E-state index in [1.807, 2.05) is 0 Å². The number of methoxy groups -OCH3 is 1. The molecular weight excluding hydrogens is 251 g/mol. The number of ether oxygens (including phenoxy) is 1. The summed E-state index contributed by atoms with van der Waals surface area (Å²) in [6.45, 7) is 0.656. The maximum atomic E-state index is 13.7. The number of carbonyl (C=O) groups excluding carboxylic acids is 1. The molecule has 6 heteroatoms. The molecule has 1 unspecified atom stereocenters. The third kappa shape index (κ3) is 2.49. The van der Waals surface area contributed by atoms with Gasteiger partial charge in [-0.05, 0) is 17.7 Å². The molecule has 0 saturated carbocycles. The van der Waals surface area contributed by atoms with E-state index >= 15 is 0 Å². The Morgan fingerprint density at radius 1 is 1.53 bits per heavy atom. The topological polar surface area (TPSA) is 53.0 Å². The number of benzene rings is 1. The van der Waals surface area contributed by atoms with E-state index in [1.165, 1.54) is 13.2 Å². The number of hydrogen-bond acceptors (Lipinski definition) is 3. The van der Waals surface area contributed by atoms with Crippen molar-refractivity contribution in [1.82, 2.24) is 9.80 Å². The van der Waals surface area contributed by atoms with Crippen molar-refractivity contribution < 1.29 is 19.0 Å². The Morgan fingerprint density at radius 2 is 2.26 bits per heavy atom. The molecule has 19 heavy (non-hydrogen) atoms. The number of aliphatic hydroxyl groups is 1. The molecule has 1 atom stereocenters. The molecule has 1 aromatic rings. The van der Waals surface area contributed by atoms with Gasteiger partial charge >= 0.3 is 6.03 Å². The van der Waals surface area contributed by atoms with Gasteiger partial charge in [-0.15, -0.1) is 0 Å². The molecule has 104 valence electrons. The molecule has 5 nitrogen and oxygen atoms in total. The molecule has 2 rings (SSSR count). The number of urea groups is 1. The van der Waals surface area contributed by atoms with Crippen molar-refractivity contribution in [3.05, 3.63) is 29.6 Å². The van der Waals surface area contributed by atoms with E-state index in [-0.39, 0.29) is 31.0 Å². The van der Waals surface area contributed by atoms with E-state index in [2.05, 4.69) is 0 Å². The summed E-state index contributed by atoms with van der Waals surface area (Å²) in [7, 11) is 3.08. The number of β-amino-alcohol motifs (C(OH)–C–C–N with tert-alkyl or cyclic N) is 1. The van der Waals surface area contributed by atoms with Crippen molar-refractivity contribution in [3.8, 4) is 5.75 Å². The highest BCUT2D eigenvalue weighted by Crippen LogP contribution is 2.30. The highest BCUT2D eigenvalue weighted by molar-refractivity contribution is 5.77. The quantitative estimate of drug-likeness (QED) is 0.893. The molecule has 0 aliphatic carbocycles. The van der Waals surface area contributed by atoms with Crippen molar-refractivity contribution in [2.45, 2.75) is 6.04 Å². The monoisotopic (exact) mass is 268 g/mol. The number of likely N-dealkylation sites (N-methyl/N-ethyl adjacent to an activating group) is 1. The molecule has 0 spiro atoms. The number of carbonyl (C=O) groups is 1. The molecule has 0 radical (unpaired) electrons. The molecule has 1 aliphatic rings. The van der Waals surface area contributed by atoms with Gasteiger partial charge in [0.15, 0.2) is 11.6 Å². The second-order valence-electron chi connectivity index (χ2n) is 4.47. The van der Waals surface area contributed by atoms with Gasteiger partial charge in [0.25, 0.3) is 0 Å². The highest BCUT2D eigenvalue weighted by Gasteiger charge is 2.35. The van der Waals surface area contributed by atoms with Gasteiger partial charge in [0.1, 0.15) is 0 Å².